The molecule has 2 aliphatic rings. The molecular weight excluding hydrogens is 368 g/mol. The maximum atomic E-state index is 12.6. The lowest BCUT2D eigenvalue weighted by Gasteiger charge is -2.22. The predicted octanol–water partition coefficient (Wildman–Crippen LogP) is 2.94. The molecule has 150 valence electrons. The lowest BCUT2D eigenvalue weighted by molar-refractivity contribution is -0.128. The molecule has 0 aromatic heterocycles. The van der Waals surface area contributed by atoms with Crippen molar-refractivity contribution in [2.75, 3.05) is 18.1 Å². The molecule has 2 amide bonds. The summed E-state index contributed by atoms with van der Waals surface area (Å²) in [5, 5.41) is 0. The van der Waals surface area contributed by atoms with Crippen molar-refractivity contribution in [3.8, 4) is 0 Å². The first-order valence-corrected chi connectivity index (χ1v) is 9.97. The maximum absolute atomic E-state index is 12.6. The second-order valence-corrected chi connectivity index (χ2v) is 7.64. The molecule has 6 nitrogen and oxygen atoms in total. The number of nitrogens with zero attached hydrogens (tertiary/aromatic N) is 2. The van der Waals surface area contributed by atoms with E-state index in [0.717, 1.165) is 36.2 Å². The highest BCUT2D eigenvalue weighted by molar-refractivity contribution is 5.99. The minimum atomic E-state index is -0.526. The largest absolute Gasteiger partial charge is 0.452 e. The number of hydrogen-bond acceptors (Lipinski definition) is 4. The van der Waals surface area contributed by atoms with Gasteiger partial charge < -0.3 is 14.5 Å². The molecule has 0 saturated carbocycles. The van der Waals surface area contributed by atoms with E-state index in [4.69, 9.17) is 4.74 Å². The van der Waals surface area contributed by atoms with Gasteiger partial charge >= 0.3 is 5.97 Å². The van der Waals surface area contributed by atoms with Crippen molar-refractivity contribution in [3.05, 3.63) is 65.2 Å². The van der Waals surface area contributed by atoms with Gasteiger partial charge in [-0.15, -0.1) is 0 Å². The number of fused-ring (bicyclic) bond motifs is 1. The SMILES string of the molecule is C[C@H]1Cc2ccccc2N1C(=O)COC(=O)c1ccc(CN2CCCC2=O)cc1. The number of para-hydroxylation sites is 1. The zero-order valence-electron chi connectivity index (χ0n) is 16.5. The van der Waals surface area contributed by atoms with Gasteiger partial charge in [-0.05, 0) is 49.1 Å². The molecule has 29 heavy (non-hydrogen) atoms. The Hall–Kier alpha value is -3.15. The highest BCUT2D eigenvalue weighted by atomic mass is 16.5. The fraction of sp³-hybridized carbons (Fsp3) is 0.348. The van der Waals surface area contributed by atoms with Gasteiger partial charge in [0.2, 0.25) is 5.91 Å². The average Bonchev–Trinajstić information content (AvgIpc) is 3.28. The van der Waals surface area contributed by atoms with E-state index < -0.39 is 5.97 Å². The molecule has 0 radical (unpaired) electrons. The fourth-order valence-electron chi connectivity index (χ4n) is 4.06. The summed E-state index contributed by atoms with van der Waals surface area (Å²) in [6, 6.07) is 14.8. The lowest BCUT2D eigenvalue weighted by atomic mass is 10.1. The van der Waals surface area contributed by atoms with Crippen molar-refractivity contribution in [2.24, 2.45) is 0 Å². The third-order valence-electron chi connectivity index (χ3n) is 5.54. The normalized spacial score (nSPS) is 18.1. The van der Waals surface area contributed by atoms with Crippen LogP contribution in [0.1, 0.15) is 41.3 Å². The van der Waals surface area contributed by atoms with Crippen LogP contribution in [0.4, 0.5) is 5.69 Å². The summed E-state index contributed by atoms with van der Waals surface area (Å²) in [5.41, 5.74) is 3.38. The Bertz CT molecular complexity index is 938. The molecule has 0 spiro atoms. The molecule has 0 N–H and O–H groups in total. The van der Waals surface area contributed by atoms with Crippen molar-refractivity contribution in [2.45, 2.75) is 38.8 Å². The Morgan fingerprint density at radius 3 is 2.59 bits per heavy atom. The van der Waals surface area contributed by atoms with Crippen molar-refractivity contribution < 1.29 is 19.1 Å². The Labute approximate surface area is 170 Å². The van der Waals surface area contributed by atoms with Crippen molar-refractivity contribution in [1.29, 1.82) is 0 Å². The van der Waals surface area contributed by atoms with Crippen LogP contribution in [0.25, 0.3) is 0 Å². The van der Waals surface area contributed by atoms with Crippen LogP contribution in [0.5, 0.6) is 0 Å². The zero-order chi connectivity index (χ0) is 20.4. The van der Waals surface area contributed by atoms with Crippen molar-refractivity contribution in [3.63, 3.8) is 0 Å². The number of benzene rings is 2. The Balaban J connectivity index is 1.34. The van der Waals surface area contributed by atoms with Gasteiger partial charge in [-0.2, -0.15) is 0 Å². The Morgan fingerprint density at radius 2 is 1.86 bits per heavy atom. The summed E-state index contributed by atoms with van der Waals surface area (Å²) in [7, 11) is 0. The third-order valence-corrected chi connectivity index (χ3v) is 5.54. The second kappa shape index (κ2) is 8.07. The number of hydrogen-bond donors (Lipinski definition) is 0. The van der Waals surface area contributed by atoms with E-state index in [0.29, 0.717) is 18.5 Å². The number of ether oxygens (including phenoxy) is 1. The summed E-state index contributed by atoms with van der Waals surface area (Å²) >= 11 is 0. The van der Waals surface area contributed by atoms with Crippen LogP contribution < -0.4 is 4.90 Å². The molecular formula is C23H24N2O4. The molecule has 1 fully saturated rings. The number of carbonyl (C=O) groups is 3. The lowest BCUT2D eigenvalue weighted by Crippen LogP contribution is -2.38. The first-order chi connectivity index (χ1) is 14.0. The molecule has 2 aliphatic heterocycles. The topological polar surface area (TPSA) is 66.9 Å². The quantitative estimate of drug-likeness (QED) is 0.734. The minimum absolute atomic E-state index is 0.0474. The number of carbonyl (C=O) groups excluding carboxylic acids is 3. The monoisotopic (exact) mass is 392 g/mol. The molecule has 2 aromatic rings. The minimum Gasteiger partial charge on any atom is -0.452 e. The van der Waals surface area contributed by atoms with Crippen LogP contribution in [0.3, 0.4) is 0 Å². The molecule has 0 aliphatic carbocycles. The number of likely N-dealkylation sites (tertiary alicyclic amines) is 1. The van der Waals surface area contributed by atoms with Crippen molar-refractivity contribution in [1.82, 2.24) is 4.90 Å². The van der Waals surface area contributed by atoms with Crippen LogP contribution in [0, 0.1) is 0 Å². The second-order valence-electron chi connectivity index (χ2n) is 7.64. The van der Waals surface area contributed by atoms with Crippen LogP contribution in [0.2, 0.25) is 0 Å². The van der Waals surface area contributed by atoms with Gasteiger partial charge in [0, 0.05) is 31.2 Å². The van der Waals surface area contributed by atoms with Gasteiger partial charge in [-0.25, -0.2) is 4.79 Å². The summed E-state index contributed by atoms with van der Waals surface area (Å²) in [6.07, 6.45) is 2.31. The van der Waals surface area contributed by atoms with Gasteiger partial charge in [0.05, 0.1) is 5.56 Å². The van der Waals surface area contributed by atoms with Gasteiger partial charge in [0.25, 0.3) is 5.91 Å². The molecule has 2 aromatic carbocycles. The molecule has 1 saturated heterocycles. The summed E-state index contributed by atoms with van der Waals surface area (Å²) in [6.45, 7) is 3.03. The van der Waals surface area contributed by atoms with Gasteiger partial charge in [-0.1, -0.05) is 30.3 Å². The molecule has 0 unspecified atom stereocenters. The number of rotatable bonds is 5. The van der Waals surface area contributed by atoms with Crippen LogP contribution in [-0.2, 0) is 27.3 Å². The first-order valence-electron chi connectivity index (χ1n) is 9.97. The van der Waals surface area contributed by atoms with E-state index in [1.165, 1.54) is 0 Å². The highest BCUT2D eigenvalue weighted by Gasteiger charge is 2.31. The number of esters is 1. The highest BCUT2D eigenvalue weighted by Crippen LogP contribution is 2.31. The van der Waals surface area contributed by atoms with E-state index in [2.05, 4.69) is 0 Å². The molecule has 6 heteroatoms. The fourth-order valence-corrected chi connectivity index (χ4v) is 4.06. The van der Waals surface area contributed by atoms with Crippen LogP contribution in [-0.4, -0.2) is 41.9 Å². The molecule has 2 heterocycles. The Morgan fingerprint density at radius 1 is 1.10 bits per heavy atom. The average molecular weight is 392 g/mol. The summed E-state index contributed by atoms with van der Waals surface area (Å²) in [4.78, 5) is 40.2. The third kappa shape index (κ3) is 4.01. The number of anilines is 1. The zero-order valence-corrected chi connectivity index (χ0v) is 16.5. The maximum Gasteiger partial charge on any atom is 0.338 e. The van der Waals surface area contributed by atoms with E-state index in [-0.39, 0.29) is 24.5 Å². The van der Waals surface area contributed by atoms with Gasteiger partial charge in [0.15, 0.2) is 6.61 Å². The van der Waals surface area contributed by atoms with Crippen LogP contribution >= 0.6 is 0 Å². The summed E-state index contributed by atoms with van der Waals surface area (Å²) in [5.74, 6) is -0.577. The molecule has 0 bridgehead atoms. The van der Waals surface area contributed by atoms with E-state index in [1.54, 1.807) is 17.0 Å². The molecule has 1 atom stereocenters. The standard InChI is InChI=1S/C23H24N2O4/c1-16-13-19-5-2-3-6-20(19)25(16)22(27)15-29-23(28)18-10-8-17(9-11-18)14-24-12-4-7-21(24)26/h2-3,5-6,8-11,16H,4,7,12-15H2,1H3/t16-/m0/s1. The van der Waals surface area contributed by atoms with E-state index in [9.17, 15) is 14.4 Å². The first kappa shape index (κ1) is 19.2. The van der Waals surface area contributed by atoms with E-state index >= 15 is 0 Å². The van der Waals surface area contributed by atoms with Gasteiger partial charge in [0.1, 0.15) is 0 Å². The van der Waals surface area contributed by atoms with E-state index in [1.807, 2.05) is 48.2 Å². The predicted molar refractivity (Wildman–Crippen MR) is 108 cm³/mol. The van der Waals surface area contributed by atoms with Crippen molar-refractivity contribution >= 4 is 23.5 Å². The molecule has 4 rings (SSSR count). The summed E-state index contributed by atoms with van der Waals surface area (Å²) < 4.78 is 5.26. The van der Waals surface area contributed by atoms with Gasteiger partial charge in [-0.3, -0.25) is 9.59 Å². The number of amides is 2. The smallest absolute Gasteiger partial charge is 0.338 e. The van der Waals surface area contributed by atoms with Crippen LogP contribution in [0.15, 0.2) is 48.5 Å². The Kier molecular flexibility index (Phi) is 5.34.